The number of benzene rings is 1. The smallest absolute Gasteiger partial charge is 0.0713 e. The van der Waals surface area contributed by atoms with Crippen LogP contribution >= 0.6 is 0 Å². The summed E-state index contributed by atoms with van der Waals surface area (Å²) in [4.78, 5) is 0. The van der Waals surface area contributed by atoms with Crippen LogP contribution in [0.15, 0.2) is 24.3 Å². The molecular formula is C18H29NO2. The summed E-state index contributed by atoms with van der Waals surface area (Å²) in [5.74, 6) is 0. The lowest BCUT2D eigenvalue weighted by molar-refractivity contribution is 0.0273. The van der Waals surface area contributed by atoms with Gasteiger partial charge in [0.2, 0.25) is 0 Å². The van der Waals surface area contributed by atoms with Crippen molar-refractivity contribution in [3.05, 3.63) is 35.4 Å². The summed E-state index contributed by atoms with van der Waals surface area (Å²) in [6.45, 7) is 3.51. The van der Waals surface area contributed by atoms with Crippen molar-refractivity contribution in [2.75, 3.05) is 20.3 Å². The highest BCUT2D eigenvalue weighted by Crippen LogP contribution is 2.20. The first-order valence-electron chi connectivity index (χ1n) is 8.27. The van der Waals surface area contributed by atoms with Gasteiger partial charge in [0.1, 0.15) is 0 Å². The van der Waals surface area contributed by atoms with Crippen molar-refractivity contribution in [3.63, 3.8) is 0 Å². The molecule has 0 unspecified atom stereocenters. The maximum Gasteiger partial charge on any atom is 0.0713 e. The Hall–Kier alpha value is -0.900. The molecule has 21 heavy (non-hydrogen) atoms. The van der Waals surface area contributed by atoms with E-state index in [0.29, 0.717) is 12.7 Å². The topological polar surface area (TPSA) is 30.5 Å². The molecule has 0 bridgehead atoms. The maximum atomic E-state index is 5.93. The van der Waals surface area contributed by atoms with Gasteiger partial charge in [-0.15, -0.1) is 0 Å². The first-order valence-corrected chi connectivity index (χ1v) is 8.27. The fraction of sp³-hybridized carbons (Fsp3) is 0.667. The van der Waals surface area contributed by atoms with Crippen LogP contribution in [-0.4, -0.2) is 26.4 Å². The van der Waals surface area contributed by atoms with Crippen LogP contribution in [0.5, 0.6) is 0 Å². The molecule has 3 heteroatoms. The summed E-state index contributed by atoms with van der Waals surface area (Å²) in [5.41, 5.74) is 2.55. The van der Waals surface area contributed by atoms with E-state index in [2.05, 4.69) is 29.6 Å². The second-order valence-electron chi connectivity index (χ2n) is 5.91. The number of rotatable bonds is 9. The molecular weight excluding hydrogens is 262 g/mol. The minimum absolute atomic E-state index is 0.532. The van der Waals surface area contributed by atoms with E-state index < -0.39 is 0 Å². The molecule has 1 aliphatic rings. The summed E-state index contributed by atoms with van der Waals surface area (Å²) in [6.07, 6.45) is 8.24. The summed E-state index contributed by atoms with van der Waals surface area (Å²) < 4.78 is 11.1. The van der Waals surface area contributed by atoms with E-state index in [1.54, 1.807) is 7.11 Å². The van der Waals surface area contributed by atoms with E-state index in [1.807, 2.05) is 0 Å². The zero-order chi connectivity index (χ0) is 14.8. The minimum atomic E-state index is 0.532. The van der Waals surface area contributed by atoms with Gasteiger partial charge in [-0.1, -0.05) is 43.5 Å². The molecule has 1 aromatic rings. The molecule has 2 rings (SSSR count). The lowest BCUT2D eigenvalue weighted by Crippen LogP contribution is -2.20. The normalized spacial score (nSPS) is 16.2. The molecule has 0 spiro atoms. The first-order chi connectivity index (χ1) is 10.4. The molecule has 3 nitrogen and oxygen atoms in total. The fourth-order valence-corrected chi connectivity index (χ4v) is 2.91. The number of ether oxygens (including phenoxy) is 2. The molecule has 1 aliphatic carbocycles. The van der Waals surface area contributed by atoms with Crippen molar-refractivity contribution in [1.29, 1.82) is 0 Å². The molecule has 118 valence electrons. The van der Waals surface area contributed by atoms with E-state index in [1.165, 1.54) is 43.2 Å². The van der Waals surface area contributed by atoms with Gasteiger partial charge < -0.3 is 14.8 Å². The molecule has 0 amide bonds. The van der Waals surface area contributed by atoms with Crippen LogP contribution in [0.2, 0.25) is 0 Å². The average molecular weight is 291 g/mol. The van der Waals surface area contributed by atoms with E-state index in [0.717, 1.165) is 26.1 Å². The van der Waals surface area contributed by atoms with Crippen molar-refractivity contribution >= 4 is 0 Å². The Morgan fingerprint density at radius 1 is 1.14 bits per heavy atom. The van der Waals surface area contributed by atoms with Crippen LogP contribution in [0.3, 0.4) is 0 Å². The lowest BCUT2D eigenvalue weighted by atomic mass is 9.98. The molecule has 1 aromatic carbocycles. The van der Waals surface area contributed by atoms with Crippen LogP contribution < -0.4 is 5.32 Å². The van der Waals surface area contributed by atoms with Gasteiger partial charge in [0.25, 0.3) is 0 Å². The first kappa shape index (κ1) is 16.5. The van der Waals surface area contributed by atoms with Crippen molar-refractivity contribution < 1.29 is 9.47 Å². The third kappa shape index (κ3) is 6.60. The van der Waals surface area contributed by atoms with Gasteiger partial charge in [-0.25, -0.2) is 0 Å². The Labute approximate surface area is 129 Å². The monoisotopic (exact) mass is 291 g/mol. The Morgan fingerprint density at radius 2 is 1.95 bits per heavy atom. The summed E-state index contributed by atoms with van der Waals surface area (Å²) >= 11 is 0. The van der Waals surface area contributed by atoms with E-state index in [9.17, 15) is 0 Å². The van der Waals surface area contributed by atoms with Crippen molar-refractivity contribution in [2.24, 2.45) is 0 Å². The van der Waals surface area contributed by atoms with Gasteiger partial charge in [0.05, 0.1) is 12.7 Å². The molecule has 0 aliphatic heterocycles. The highest BCUT2D eigenvalue weighted by atomic mass is 16.5. The summed E-state index contributed by atoms with van der Waals surface area (Å²) in [6, 6.07) is 8.56. The highest BCUT2D eigenvalue weighted by Gasteiger charge is 2.12. The largest absolute Gasteiger partial charge is 0.380 e. The quantitative estimate of drug-likeness (QED) is 0.704. The molecule has 0 aromatic heterocycles. The lowest BCUT2D eigenvalue weighted by Gasteiger charge is -2.21. The van der Waals surface area contributed by atoms with Crippen LogP contribution in [0, 0.1) is 0 Å². The van der Waals surface area contributed by atoms with Crippen molar-refractivity contribution in [1.82, 2.24) is 5.32 Å². The van der Waals surface area contributed by atoms with Crippen LogP contribution in [0.25, 0.3) is 0 Å². The second kappa shape index (κ2) is 9.93. The third-order valence-electron chi connectivity index (χ3n) is 4.04. The van der Waals surface area contributed by atoms with E-state index in [4.69, 9.17) is 9.47 Å². The number of methoxy groups -OCH3 is 1. The van der Waals surface area contributed by atoms with E-state index in [-0.39, 0.29) is 0 Å². The van der Waals surface area contributed by atoms with Gasteiger partial charge >= 0.3 is 0 Å². The molecule has 1 N–H and O–H groups in total. The Balaban J connectivity index is 1.53. The molecule has 0 heterocycles. The van der Waals surface area contributed by atoms with Gasteiger partial charge in [-0.3, -0.25) is 0 Å². The maximum absolute atomic E-state index is 5.93. The number of hydrogen-bond acceptors (Lipinski definition) is 3. The molecule has 1 fully saturated rings. The SMILES string of the molecule is COCc1cccc(CNCCCOC2CCCCC2)c1. The standard InChI is InChI=1S/C18H29NO2/c1-20-15-17-8-5-7-16(13-17)14-19-11-6-12-21-18-9-3-2-4-10-18/h5,7-8,13,18-19H,2-4,6,9-12,14-15H2,1H3. The van der Waals surface area contributed by atoms with Crippen LogP contribution in [-0.2, 0) is 22.6 Å². The zero-order valence-electron chi connectivity index (χ0n) is 13.3. The van der Waals surface area contributed by atoms with Gasteiger partial charge in [-0.2, -0.15) is 0 Å². The zero-order valence-corrected chi connectivity index (χ0v) is 13.3. The third-order valence-corrected chi connectivity index (χ3v) is 4.04. The second-order valence-corrected chi connectivity index (χ2v) is 5.91. The van der Waals surface area contributed by atoms with E-state index >= 15 is 0 Å². The average Bonchev–Trinajstić information content (AvgIpc) is 2.52. The predicted molar refractivity (Wildman–Crippen MR) is 86.3 cm³/mol. The van der Waals surface area contributed by atoms with Gasteiger partial charge in [0, 0.05) is 20.3 Å². The number of nitrogens with one attached hydrogen (secondary N) is 1. The summed E-state index contributed by atoms with van der Waals surface area (Å²) in [7, 11) is 1.73. The van der Waals surface area contributed by atoms with Gasteiger partial charge in [-0.05, 0) is 36.9 Å². The minimum Gasteiger partial charge on any atom is -0.380 e. The highest BCUT2D eigenvalue weighted by molar-refractivity contribution is 5.22. The predicted octanol–water partition coefficient (Wildman–Crippen LogP) is 3.66. The van der Waals surface area contributed by atoms with Crippen LogP contribution in [0.1, 0.15) is 49.7 Å². The van der Waals surface area contributed by atoms with Gasteiger partial charge in [0.15, 0.2) is 0 Å². The Morgan fingerprint density at radius 3 is 2.76 bits per heavy atom. The summed E-state index contributed by atoms with van der Waals surface area (Å²) in [5, 5.41) is 3.49. The Kier molecular flexibility index (Phi) is 7.79. The van der Waals surface area contributed by atoms with Crippen molar-refractivity contribution in [3.8, 4) is 0 Å². The molecule has 0 saturated heterocycles. The molecule has 0 atom stereocenters. The molecule has 1 saturated carbocycles. The van der Waals surface area contributed by atoms with Crippen LogP contribution in [0.4, 0.5) is 0 Å². The number of hydrogen-bond donors (Lipinski definition) is 1. The Bertz CT molecular complexity index is 389. The van der Waals surface area contributed by atoms with Crippen molar-refractivity contribution in [2.45, 2.75) is 57.8 Å². The molecule has 0 radical (unpaired) electrons. The fourth-order valence-electron chi connectivity index (χ4n) is 2.91.